The van der Waals surface area contributed by atoms with E-state index in [2.05, 4.69) is 26.1 Å². The minimum atomic E-state index is 0.0907. The first-order valence-corrected chi connectivity index (χ1v) is 30.5. The van der Waals surface area contributed by atoms with E-state index in [0.717, 1.165) is 38.5 Å². The summed E-state index contributed by atoms with van der Waals surface area (Å²) in [6.45, 7) is 9.76. The fraction of sp³-hybridized carbons (Fsp3) is 0.950. The van der Waals surface area contributed by atoms with Crippen LogP contribution >= 0.6 is 0 Å². The molecule has 0 aliphatic carbocycles. The molecule has 0 saturated heterocycles. The molecule has 0 fully saturated rings. The minimum absolute atomic E-state index is 0.0907. The van der Waals surface area contributed by atoms with Crippen molar-refractivity contribution in [3.63, 3.8) is 0 Å². The second-order valence-electron chi connectivity index (χ2n) is 21.0. The highest BCUT2D eigenvalue weighted by Crippen LogP contribution is 2.17. The Labute approximate surface area is 419 Å². The molecule has 3 N–H and O–H groups in total. The van der Waals surface area contributed by atoms with Gasteiger partial charge in [-0.15, -0.1) is 0 Å². The molecule has 0 aliphatic rings. The predicted octanol–water partition coefficient (Wildman–Crippen LogP) is 17.5. The standard InChI is InChI=1S/C60H120N4O3/c1-4-7-10-13-16-19-22-25-28-31-34-37-40-43-46-49-58(65)62-53-55-64(60(67)51-48-45-42-39-36-33-30-27-24-21-18-15-12-9-6-3)57-56-63(54-52-61)59(66)50-47-44-41-38-35-32-29-26-23-20-17-14-11-8-5-2/h4-57,61H2,1-3H3,(H,62,65). The van der Waals surface area contributed by atoms with Gasteiger partial charge >= 0.3 is 0 Å². The molecule has 3 amide bonds. The molecule has 7 nitrogen and oxygen atoms in total. The molecular weight excluding hydrogens is 825 g/mol. The van der Waals surface area contributed by atoms with Crippen LogP contribution in [-0.2, 0) is 14.4 Å². The van der Waals surface area contributed by atoms with Crippen molar-refractivity contribution in [2.75, 3.05) is 39.3 Å². The zero-order chi connectivity index (χ0) is 48.8. The summed E-state index contributed by atoms with van der Waals surface area (Å²) in [5, 5.41) is 3.11. The minimum Gasteiger partial charge on any atom is -0.354 e. The normalized spacial score (nSPS) is 11.4. The van der Waals surface area contributed by atoms with Gasteiger partial charge in [0.05, 0.1) is 0 Å². The van der Waals surface area contributed by atoms with Crippen LogP contribution in [0, 0.1) is 0 Å². The van der Waals surface area contributed by atoms with Crippen LogP contribution in [-0.4, -0.2) is 66.8 Å². The van der Waals surface area contributed by atoms with E-state index in [9.17, 15) is 14.4 Å². The Hall–Kier alpha value is -1.63. The van der Waals surface area contributed by atoms with Gasteiger partial charge in [0.15, 0.2) is 0 Å². The van der Waals surface area contributed by atoms with E-state index in [1.165, 1.54) is 250 Å². The van der Waals surface area contributed by atoms with Crippen molar-refractivity contribution in [3.05, 3.63) is 0 Å². The van der Waals surface area contributed by atoms with Crippen molar-refractivity contribution >= 4 is 17.7 Å². The van der Waals surface area contributed by atoms with Gasteiger partial charge in [-0.2, -0.15) is 0 Å². The number of hydrogen-bond acceptors (Lipinski definition) is 4. The number of nitrogens with zero attached hydrogens (tertiary/aromatic N) is 2. The fourth-order valence-electron chi connectivity index (χ4n) is 9.81. The summed E-state index contributed by atoms with van der Waals surface area (Å²) in [5.74, 6) is 0.397. The molecule has 7 heteroatoms. The lowest BCUT2D eigenvalue weighted by atomic mass is 10.0. The van der Waals surface area contributed by atoms with Gasteiger partial charge < -0.3 is 20.9 Å². The number of carbonyl (C=O) groups excluding carboxylic acids is 3. The molecule has 0 aromatic carbocycles. The van der Waals surface area contributed by atoms with Crippen molar-refractivity contribution in [1.29, 1.82) is 0 Å². The molecule has 398 valence electrons. The number of hydrogen-bond donors (Lipinski definition) is 2. The number of nitrogens with one attached hydrogen (secondary N) is 1. The maximum atomic E-state index is 13.6. The highest BCUT2D eigenvalue weighted by molar-refractivity contribution is 5.78. The van der Waals surface area contributed by atoms with Crippen LogP contribution in [0.4, 0.5) is 0 Å². The quantitative estimate of drug-likeness (QED) is 0.0594. The van der Waals surface area contributed by atoms with Gasteiger partial charge in [0, 0.05) is 58.5 Å². The van der Waals surface area contributed by atoms with Gasteiger partial charge in [0.1, 0.15) is 0 Å². The SMILES string of the molecule is CCCCCCCCCCCCCCCCCC(=O)NCCN(CCN(CCN)C(=O)CCCCCCCCCCCCCCCCC)C(=O)CCCCCCCCCCCCCCCCC. The molecule has 0 spiro atoms. The van der Waals surface area contributed by atoms with Crippen LogP contribution in [0.3, 0.4) is 0 Å². The Balaban J connectivity index is 4.58. The Bertz CT molecular complexity index is 1020. The van der Waals surface area contributed by atoms with Gasteiger partial charge in [-0.05, 0) is 19.3 Å². The summed E-state index contributed by atoms with van der Waals surface area (Å²) >= 11 is 0. The van der Waals surface area contributed by atoms with Crippen LogP contribution in [0.5, 0.6) is 0 Å². The molecule has 0 aromatic heterocycles. The average molecular weight is 946 g/mol. The molecule has 0 bridgehead atoms. The molecule has 0 aliphatic heterocycles. The second-order valence-corrected chi connectivity index (χ2v) is 21.0. The highest BCUT2D eigenvalue weighted by atomic mass is 16.2. The number of unbranched alkanes of at least 4 members (excludes halogenated alkanes) is 42. The topological polar surface area (TPSA) is 95.7 Å². The Morgan fingerprint density at radius 1 is 0.299 bits per heavy atom. The summed E-state index contributed by atoms with van der Waals surface area (Å²) in [4.78, 5) is 43.6. The largest absolute Gasteiger partial charge is 0.354 e. The summed E-state index contributed by atoms with van der Waals surface area (Å²) in [6, 6.07) is 0. The third-order valence-electron chi connectivity index (χ3n) is 14.4. The number of carbonyl (C=O) groups is 3. The van der Waals surface area contributed by atoms with E-state index in [0.29, 0.717) is 58.5 Å². The Morgan fingerprint density at radius 3 is 0.776 bits per heavy atom. The van der Waals surface area contributed by atoms with Crippen LogP contribution in [0.25, 0.3) is 0 Å². The number of amides is 3. The van der Waals surface area contributed by atoms with Crippen LogP contribution in [0.2, 0.25) is 0 Å². The third-order valence-corrected chi connectivity index (χ3v) is 14.4. The van der Waals surface area contributed by atoms with E-state index >= 15 is 0 Å². The molecule has 0 heterocycles. The highest BCUT2D eigenvalue weighted by Gasteiger charge is 2.18. The maximum Gasteiger partial charge on any atom is 0.222 e. The van der Waals surface area contributed by atoms with E-state index < -0.39 is 0 Å². The fourth-order valence-corrected chi connectivity index (χ4v) is 9.81. The Morgan fingerprint density at radius 2 is 0.522 bits per heavy atom. The summed E-state index contributed by atoms with van der Waals surface area (Å²) in [6.07, 6.45) is 60.6. The smallest absolute Gasteiger partial charge is 0.222 e. The van der Waals surface area contributed by atoms with Crippen LogP contribution in [0.15, 0.2) is 0 Å². The lowest BCUT2D eigenvalue weighted by Gasteiger charge is -2.28. The number of rotatable bonds is 56. The molecule has 0 saturated carbocycles. The molecule has 0 rings (SSSR count). The first kappa shape index (κ1) is 65.4. The average Bonchev–Trinajstić information content (AvgIpc) is 3.33. The number of nitrogens with two attached hydrogens (primary N) is 1. The first-order valence-electron chi connectivity index (χ1n) is 30.5. The van der Waals surface area contributed by atoms with Gasteiger partial charge in [-0.3, -0.25) is 14.4 Å². The second kappa shape index (κ2) is 55.3. The summed E-state index contributed by atoms with van der Waals surface area (Å²) in [5.41, 5.74) is 6.00. The van der Waals surface area contributed by atoms with Gasteiger partial charge in [-0.25, -0.2) is 0 Å². The molecule has 0 unspecified atom stereocenters. The maximum absolute atomic E-state index is 13.6. The van der Waals surface area contributed by atoms with Crippen LogP contribution < -0.4 is 11.1 Å². The molecular formula is C60H120N4O3. The molecule has 0 aromatic rings. The molecule has 67 heavy (non-hydrogen) atoms. The van der Waals surface area contributed by atoms with Crippen molar-refractivity contribution in [1.82, 2.24) is 15.1 Å². The first-order chi connectivity index (χ1) is 33.0. The molecule has 0 radical (unpaired) electrons. The third kappa shape index (κ3) is 49.2. The van der Waals surface area contributed by atoms with Crippen molar-refractivity contribution in [2.24, 2.45) is 5.73 Å². The van der Waals surface area contributed by atoms with Crippen molar-refractivity contribution in [3.8, 4) is 0 Å². The van der Waals surface area contributed by atoms with E-state index in [1.807, 2.05) is 9.80 Å². The van der Waals surface area contributed by atoms with Gasteiger partial charge in [0.2, 0.25) is 17.7 Å². The summed E-state index contributed by atoms with van der Waals surface area (Å²) < 4.78 is 0. The van der Waals surface area contributed by atoms with Crippen molar-refractivity contribution < 1.29 is 14.4 Å². The zero-order valence-corrected chi connectivity index (χ0v) is 45.9. The van der Waals surface area contributed by atoms with Crippen LogP contribution in [0.1, 0.15) is 329 Å². The Kier molecular flexibility index (Phi) is 54.0. The van der Waals surface area contributed by atoms with Gasteiger partial charge in [0.25, 0.3) is 0 Å². The van der Waals surface area contributed by atoms with E-state index in [-0.39, 0.29) is 17.7 Å². The monoisotopic (exact) mass is 945 g/mol. The summed E-state index contributed by atoms with van der Waals surface area (Å²) in [7, 11) is 0. The van der Waals surface area contributed by atoms with E-state index in [4.69, 9.17) is 5.73 Å². The predicted molar refractivity (Wildman–Crippen MR) is 294 cm³/mol. The van der Waals surface area contributed by atoms with Crippen molar-refractivity contribution in [2.45, 2.75) is 329 Å². The lowest BCUT2D eigenvalue weighted by Crippen LogP contribution is -2.45. The zero-order valence-electron chi connectivity index (χ0n) is 45.9. The van der Waals surface area contributed by atoms with E-state index in [1.54, 1.807) is 0 Å². The molecule has 0 atom stereocenters. The lowest BCUT2D eigenvalue weighted by molar-refractivity contribution is -0.135. The van der Waals surface area contributed by atoms with Gasteiger partial charge in [-0.1, -0.05) is 290 Å².